The van der Waals surface area contributed by atoms with Gasteiger partial charge in [0.15, 0.2) is 0 Å². The molecule has 0 aromatic heterocycles. The Bertz CT molecular complexity index is 445. The van der Waals surface area contributed by atoms with Crippen LogP contribution < -0.4 is 11.1 Å². The Morgan fingerprint density at radius 2 is 2.22 bits per heavy atom. The van der Waals surface area contributed by atoms with Crippen LogP contribution in [0, 0.1) is 6.92 Å². The van der Waals surface area contributed by atoms with Gasteiger partial charge in [-0.1, -0.05) is 24.4 Å². The highest BCUT2D eigenvalue weighted by Gasteiger charge is 2.24. The van der Waals surface area contributed by atoms with E-state index in [1.54, 1.807) is 0 Å². The number of hydrogen-bond donors (Lipinski definition) is 2. The molecule has 0 amide bonds. The number of hydrogen-bond acceptors (Lipinski definition) is 3. The molecule has 1 fully saturated rings. The molecule has 0 aliphatic heterocycles. The monoisotopic (exact) mass is 280 g/mol. The average molecular weight is 280 g/mol. The summed E-state index contributed by atoms with van der Waals surface area (Å²) in [7, 11) is 0. The fraction of sp³-hybridized carbons (Fsp3) is 0.500. The third-order valence-electron chi connectivity index (χ3n) is 3.60. The van der Waals surface area contributed by atoms with E-state index in [0.29, 0.717) is 11.0 Å². The van der Waals surface area contributed by atoms with Gasteiger partial charge in [-0.05, 0) is 44.1 Å². The molecule has 0 saturated heterocycles. The SMILES string of the molecule is CSC1CCC(Nc2c(C)cccc2C(N)=S)C1. The number of thioether (sulfide) groups is 1. The van der Waals surface area contributed by atoms with Crippen molar-refractivity contribution in [3.05, 3.63) is 29.3 Å². The molecule has 0 spiro atoms. The summed E-state index contributed by atoms with van der Waals surface area (Å²) in [6, 6.07) is 6.66. The van der Waals surface area contributed by atoms with E-state index in [1.807, 2.05) is 23.9 Å². The van der Waals surface area contributed by atoms with E-state index < -0.39 is 0 Å². The Morgan fingerprint density at radius 1 is 1.44 bits per heavy atom. The maximum Gasteiger partial charge on any atom is 0.106 e. The number of para-hydroxylation sites is 1. The number of anilines is 1. The first-order valence-corrected chi connectivity index (χ1v) is 8.00. The van der Waals surface area contributed by atoms with Gasteiger partial charge in [0.25, 0.3) is 0 Å². The Labute approximate surface area is 119 Å². The quantitative estimate of drug-likeness (QED) is 0.830. The van der Waals surface area contributed by atoms with Crippen molar-refractivity contribution in [1.29, 1.82) is 0 Å². The highest BCUT2D eigenvalue weighted by Crippen LogP contribution is 2.32. The number of nitrogens with two attached hydrogens (primary N) is 1. The van der Waals surface area contributed by atoms with Crippen LogP contribution in [0.4, 0.5) is 5.69 Å². The predicted molar refractivity (Wildman–Crippen MR) is 85.6 cm³/mol. The summed E-state index contributed by atoms with van der Waals surface area (Å²) in [5, 5.41) is 4.43. The minimum absolute atomic E-state index is 0.473. The van der Waals surface area contributed by atoms with Crippen LogP contribution in [0.5, 0.6) is 0 Å². The second kappa shape index (κ2) is 5.93. The van der Waals surface area contributed by atoms with Gasteiger partial charge in [0.05, 0.1) is 0 Å². The Kier molecular flexibility index (Phi) is 4.51. The van der Waals surface area contributed by atoms with Crippen LogP contribution in [-0.4, -0.2) is 22.5 Å². The molecule has 98 valence electrons. The number of thiocarbonyl (C=S) groups is 1. The van der Waals surface area contributed by atoms with Crippen molar-refractivity contribution < 1.29 is 0 Å². The van der Waals surface area contributed by atoms with E-state index in [-0.39, 0.29) is 0 Å². The number of nitrogens with one attached hydrogen (secondary N) is 1. The lowest BCUT2D eigenvalue weighted by molar-refractivity contribution is 0.756. The first-order chi connectivity index (χ1) is 8.61. The van der Waals surface area contributed by atoms with Crippen molar-refractivity contribution >= 4 is 34.7 Å². The summed E-state index contributed by atoms with van der Waals surface area (Å²) >= 11 is 7.10. The van der Waals surface area contributed by atoms with Gasteiger partial charge >= 0.3 is 0 Å². The van der Waals surface area contributed by atoms with E-state index in [1.165, 1.54) is 24.8 Å². The van der Waals surface area contributed by atoms with Gasteiger partial charge in [0.2, 0.25) is 0 Å². The van der Waals surface area contributed by atoms with Crippen LogP contribution >= 0.6 is 24.0 Å². The lowest BCUT2D eigenvalue weighted by atomic mass is 10.1. The lowest BCUT2D eigenvalue weighted by Crippen LogP contribution is -2.20. The third kappa shape index (κ3) is 2.98. The van der Waals surface area contributed by atoms with Crippen LogP contribution in [0.1, 0.15) is 30.4 Å². The second-order valence-corrected chi connectivity index (χ2v) is 6.45. The topological polar surface area (TPSA) is 38.0 Å². The maximum atomic E-state index is 5.80. The van der Waals surface area contributed by atoms with Gasteiger partial charge in [-0.15, -0.1) is 0 Å². The van der Waals surface area contributed by atoms with Gasteiger partial charge in [-0.2, -0.15) is 11.8 Å². The third-order valence-corrected chi connectivity index (χ3v) is 4.92. The molecular weight excluding hydrogens is 260 g/mol. The van der Waals surface area contributed by atoms with Crippen LogP contribution in [0.25, 0.3) is 0 Å². The van der Waals surface area contributed by atoms with Crippen molar-refractivity contribution in [1.82, 2.24) is 0 Å². The minimum atomic E-state index is 0.473. The fourth-order valence-corrected chi connectivity index (χ4v) is 3.52. The molecule has 0 bridgehead atoms. The predicted octanol–water partition coefficient (Wildman–Crippen LogP) is 3.33. The average Bonchev–Trinajstić information content (AvgIpc) is 2.79. The largest absolute Gasteiger partial charge is 0.389 e. The summed E-state index contributed by atoms with van der Waals surface area (Å²) < 4.78 is 0. The molecule has 1 saturated carbocycles. The van der Waals surface area contributed by atoms with Gasteiger partial charge < -0.3 is 11.1 Å². The molecular formula is C14H20N2S2. The molecule has 1 aromatic rings. The van der Waals surface area contributed by atoms with Gasteiger partial charge in [0, 0.05) is 22.5 Å². The zero-order valence-electron chi connectivity index (χ0n) is 10.9. The molecule has 1 aliphatic rings. The molecule has 1 aliphatic carbocycles. The second-order valence-electron chi connectivity index (χ2n) is 4.87. The smallest absolute Gasteiger partial charge is 0.106 e. The molecule has 2 rings (SSSR count). The first kappa shape index (κ1) is 13.7. The number of rotatable bonds is 4. The summed E-state index contributed by atoms with van der Waals surface area (Å²) in [4.78, 5) is 0.473. The number of benzene rings is 1. The summed E-state index contributed by atoms with van der Waals surface area (Å²) in [5.74, 6) is 0. The Hall–Kier alpha value is -0.740. The summed E-state index contributed by atoms with van der Waals surface area (Å²) in [6.45, 7) is 2.10. The van der Waals surface area contributed by atoms with Crippen molar-refractivity contribution in [2.24, 2.45) is 5.73 Å². The molecule has 0 heterocycles. The van der Waals surface area contributed by atoms with Crippen molar-refractivity contribution in [2.45, 2.75) is 37.5 Å². The van der Waals surface area contributed by atoms with Crippen molar-refractivity contribution in [3.8, 4) is 0 Å². The number of aryl methyl sites for hydroxylation is 1. The summed E-state index contributed by atoms with van der Waals surface area (Å²) in [5.41, 5.74) is 9.11. The van der Waals surface area contributed by atoms with Crippen molar-refractivity contribution in [3.63, 3.8) is 0 Å². The Morgan fingerprint density at radius 3 is 2.83 bits per heavy atom. The highest BCUT2D eigenvalue weighted by atomic mass is 32.2. The minimum Gasteiger partial charge on any atom is -0.389 e. The van der Waals surface area contributed by atoms with Crippen LogP contribution in [0.2, 0.25) is 0 Å². The molecule has 2 nitrogen and oxygen atoms in total. The Balaban J connectivity index is 2.16. The standard InChI is InChI=1S/C14H20N2S2/c1-9-4-3-5-12(14(15)17)13(9)16-10-6-7-11(8-10)18-2/h3-5,10-11,16H,6-8H2,1-2H3,(H2,15,17). The molecule has 4 heteroatoms. The van der Waals surface area contributed by atoms with E-state index in [0.717, 1.165) is 16.5 Å². The zero-order valence-corrected chi connectivity index (χ0v) is 12.5. The van der Waals surface area contributed by atoms with Crippen molar-refractivity contribution in [2.75, 3.05) is 11.6 Å². The fourth-order valence-electron chi connectivity index (χ4n) is 2.55. The lowest BCUT2D eigenvalue weighted by Gasteiger charge is -2.19. The highest BCUT2D eigenvalue weighted by molar-refractivity contribution is 7.99. The van der Waals surface area contributed by atoms with E-state index in [2.05, 4.69) is 24.6 Å². The molecule has 1 aromatic carbocycles. The van der Waals surface area contributed by atoms with Crippen LogP contribution in [-0.2, 0) is 0 Å². The molecule has 2 atom stereocenters. The van der Waals surface area contributed by atoms with E-state index in [9.17, 15) is 0 Å². The zero-order chi connectivity index (χ0) is 13.1. The molecule has 0 radical (unpaired) electrons. The van der Waals surface area contributed by atoms with Gasteiger partial charge in [-0.3, -0.25) is 0 Å². The summed E-state index contributed by atoms with van der Waals surface area (Å²) in [6.07, 6.45) is 5.96. The normalized spacial score (nSPS) is 23.0. The van der Waals surface area contributed by atoms with Crippen LogP contribution in [0.15, 0.2) is 18.2 Å². The molecule has 18 heavy (non-hydrogen) atoms. The van der Waals surface area contributed by atoms with E-state index in [4.69, 9.17) is 18.0 Å². The van der Waals surface area contributed by atoms with Gasteiger partial charge in [0.1, 0.15) is 4.99 Å². The van der Waals surface area contributed by atoms with Crippen LogP contribution in [0.3, 0.4) is 0 Å². The van der Waals surface area contributed by atoms with Gasteiger partial charge in [-0.25, -0.2) is 0 Å². The molecule has 3 N–H and O–H groups in total. The maximum absolute atomic E-state index is 5.80. The first-order valence-electron chi connectivity index (χ1n) is 6.30. The van der Waals surface area contributed by atoms with E-state index >= 15 is 0 Å². The molecule has 2 unspecified atom stereocenters.